The summed E-state index contributed by atoms with van der Waals surface area (Å²) >= 11 is 2.86. The first-order valence-electron chi connectivity index (χ1n) is 3.71. The van der Waals surface area contributed by atoms with Crippen molar-refractivity contribution in [1.29, 1.82) is 0 Å². The van der Waals surface area contributed by atoms with Crippen LogP contribution in [-0.2, 0) is 19.1 Å². The third-order valence-corrected chi connectivity index (χ3v) is 1.79. The third-order valence-electron chi connectivity index (χ3n) is 1.04. The maximum absolute atomic E-state index is 11.0. The Hall–Kier alpha value is -0.840. The van der Waals surface area contributed by atoms with E-state index in [1.54, 1.807) is 6.92 Å². The predicted molar refractivity (Wildman–Crippen MR) is 50.5 cm³/mol. The van der Waals surface area contributed by atoms with E-state index in [0.29, 0.717) is 0 Å². The average Bonchev–Trinajstić information content (AvgIpc) is 2.13. The molecular formula is C8H11BrO4. The average molecular weight is 251 g/mol. The first kappa shape index (κ1) is 12.2. The Morgan fingerprint density at radius 3 is 2.46 bits per heavy atom. The number of hydrogen-bond acceptors (Lipinski definition) is 4. The van der Waals surface area contributed by atoms with E-state index in [9.17, 15) is 9.59 Å². The fraction of sp³-hybridized carbons (Fsp3) is 0.500. The molecule has 1 atom stereocenters. The highest BCUT2D eigenvalue weighted by Gasteiger charge is 2.25. The number of carbonyl (C=O) groups excluding carboxylic acids is 2. The molecule has 13 heavy (non-hydrogen) atoms. The van der Waals surface area contributed by atoms with Crippen LogP contribution in [0.25, 0.3) is 0 Å². The smallest absolute Gasteiger partial charge is 0.331 e. The summed E-state index contributed by atoms with van der Waals surface area (Å²) in [6.07, 6.45) is 1.42. The zero-order valence-corrected chi connectivity index (χ0v) is 8.87. The number of esters is 2. The molecule has 0 aliphatic heterocycles. The van der Waals surface area contributed by atoms with Gasteiger partial charge in [0, 0.05) is 0 Å². The van der Waals surface area contributed by atoms with Gasteiger partial charge in [-0.05, 0) is 6.92 Å². The Balaban J connectivity index is 3.93. The molecule has 0 aliphatic carbocycles. The van der Waals surface area contributed by atoms with E-state index >= 15 is 0 Å². The van der Waals surface area contributed by atoms with Crippen molar-refractivity contribution >= 4 is 27.9 Å². The van der Waals surface area contributed by atoms with Crippen molar-refractivity contribution in [3.05, 3.63) is 12.7 Å². The van der Waals surface area contributed by atoms with Crippen molar-refractivity contribution in [3.63, 3.8) is 0 Å². The Labute approximate surface area is 85.0 Å². The number of hydrogen-bond donors (Lipinski definition) is 0. The fourth-order valence-corrected chi connectivity index (χ4v) is 0.790. The van der Waals surface area contributed by atoms with Crippen LogP contribution < -0.4 is 0 Å². The molecule has 74 valence electrons. The Morgan fingerprint density at radius 2 is 2.00 bits per heavy atom. The lowest BCUT2D eigenvalue weighted by molar-refractivity contribution is -0.152. The van der Waals surface area contributed by atoms with Gasteiger partial charge < -0.3 is 9.47 Å². The summed E-state index contributed by atoms with van der Waals surface area (Å²) in [6.45, 7) is 5.34. The van der Waals surface area contributed by atoms with Gasteiger partial charge in [-0.1, -0.05) is 28.6 Å². The highest BCUT2D eigenvalue weighted by molar-refractivity contribution is 9.10. The number of alkyl halides is 1. The van der Waals surface area contributed by atoms with Gasteiger partial charge in [0.25, 0.3) is 0 Å². The molecule has 1 unspecified atom stereocenters. The Morgan fingerprint density at radius 1 is 1.46 bits per heavy atom. The maximum atomic E-state index is 11.0. The molecule has 0 saturated heterocycles. The van der Waals surface area contributed by atoms with Gasteiger partial charge in [-0.2, -0.15) is 0 Å². The molecular weight excluding hydrogens is 240 g/mol. The van der Waals surface area contributed by atoms with Crippen LogP contribution in [0.4, 0.5) is 0 Å². The van der Waals surface area contributed by atoms with Crippen LogP contribution in [0.5, 0.6) is 0 Å². The second kappa shape index (κ2) is 6.65. The standard InChI is InChI=1S/C8H11BrO4/c1-3-5-13-8(11)6(9)7(10)12-4-2/h3,6H,1,4-5H2,2H3. The van der Waals surface area contributed by atoms with Crippen LogP contribution in [0.3, 0.4) is 0 Å². The molecule has 0 radical (unpaired) electrons. The van der Waals surface area contributed by atoms with Crippen LogP contribution >= 0.6 is 15.9 Å². The number of carbonyl (C=O) groups is 2. The summed E-state index contributed by atoms with van der Waals surface area (Å²) in [5, 5.41) is 0. The molecule has 0 aromatic heterocycles. The zero-order valence-electron chi connectivity index (χ0n) is 7.29. The van der Waals surface area contributed by atoms with Crippen molar-refractivity contribution in [2.24, 2.45) is 0 Å². The van der Waals surface area contributed by atoms with E-state index in [1.807, 2.05) is 0 Å². The van der Waals surface area contributed by atoms with E-state index in [2.05, 4.69) is 32.0 Å². The van der Waals surface area contributed by atoms with Crippen LogP contribution in [0, 0.1) is 0 Å². The van der Waals surface area contributed by atoms with Crippen LogP contribution in [0.15, 0.2) is 12.7 Å². The van der Waals surface area contributed by atoms with Crippen molar-refractivity contribution < 1.29 is 19.1 Å². The van der Waals surface area contributed by atoms with E-state index in [-0.39, 0.29) is 13.2 Å². The molecule has 0 N–H and O–H groups in total. The maximum Gasteiger partial charge on any atom is 0.331 e. The number of halogens is 1. The normalized spacial score (nSPS) is 11.5. The van der Waals surface area contributed by atoms with Gasteiger partial charge >= 0.3 is 11.9 Å². The third kappa shape index (κ3) is 4.67. The van der Waals surface area contributed by atoms with Crippen molar-refractivity contribution in [3.8, 4) is 0 Å². The van der Waals surface area contributed by atoms with Gasteiger partial charge in [0.2, 0.25) is 4.83 Å². The summed E-state index contributed by atoms with van der Waals surface area (Å²) in [4.78, 5) is 20.9. The first-order chi connectivity index (χ1) is 6.13. The molecule has 0 bridgehead atoms. The van der Waals surface area contributed by atoms with Crippen LogP contribution in [0.2, 0.25) is 0 Å². The van der Waals surface area contributed by atoms with Crippen molar-refractivity contribution in [1.82, 2.24) is 0 Å². The van der Waals surface area contributed by atoms with Crippen molar-refractivity contribution in [2.45, 2.75) is 11.8 Å². The molecule has 4 nitrogen and oxygen atoms in total. The molecule has 0 aliphatic rings. The minimum atomic E-state index is -1.05. The van der Waals surface area contributed by atoms with Gasteiger partial charge in [0.05, 0.1) is 6.61 Å². The highest BCUT2D eigenvalue weighted by atomic mass is 79.9. The molecule has 0 saturated carbocycles. The van der Waals surface area contributed by atoms with Gasteiger partial charge in [-0.15, -0.1) is 0 Å². The topological polar surface area (TPSA) is 52.6 Å². The van der Waals surface area contributed by atoms with Crippen LogP contribution in [0.1, 0.15) is 6.92 Å². The number of rotatable bonds is 5. The lowest BCUT2D eigenvalue weighted by atomic mass is 10.4. The van der Waals surface area contributed by atoms with Gasteiger partial charge in [-0.25, -0.2) is 0 Å². The van der Waals surface area contributed by atoms with E-state index < -0.39 is 16.8 Å². The quantitative estimate of drug-likeness (QED) is 0.317. The summed E-state index contributed by atoms with van der Waals surface area (Å²) in [7, 11) is 0. The van der Waals surface area contributed by atoms with Gasteiger partial charge in [0.1, 0.15) is 6.61 Å². The second-order valence-corrected chi connectivity index (χ2v) is 2.95. The van der Waals surface area contributed by atoms with Crippen molar-refractivity contribution in [2.75, 3.05) is 13.2 Å². The number of ether oxygens (including phenoxy) is 2. The van der Waals surface area contributed by atoms with Crippen LogP contribution in [-0.4, -0.2) is 30.0 Å². The van der Waals surface area contributed by atoms with E-state index in [4.69, 9.17) is 0 Å². The molecule has 0 amide bonds. The molecule has 0 aromatic carbocycles. The fourth-order valence-electron chi connectivity index (χ4n) is 0.526. The summed E-state index contributed by atoms with van der Waals surface area (Å²) in [5.41, 5.74) is 0. The first-order valence-corrected chi connectivity index (χ1v) is 4.63. The van der Waals surface area contributed by atoms with E-state index in [1.165, 1.54) is 6.08 Å². The Kier molecular flexibility index (Phi) is 6.22. The summed E-state index contributed by atoms with van der Waals surface area (Å²) in [5.74, 6) is -1.31. The minimum Gasteiger partial charge on any atom is -0.465 e. The Bertz CT molecular complexity index is 202. The monoisotopic (exact) mass is 250 g/mol. The zero-order chi connectivity index (χ0) is 10.3. The molecule has 0 spiro atoms. The lowest BCUT2D eigenvalue weighted by Gasteiger charge is -2.07. The summed E-state index contributed by atoms with van der Waals surface area (Å²) < 4.78 is 9.21. The lowest BCUT2D eigenvalue weighted by Crippen LogP contribution is -2.28. The van der Waals surface area contributed by atoms with Gasteiger partial charge in [-0.3, -0.25) is 9.59 Å². The second-order valence-electron chi connectivity index (χ2n) is 2.03. The largest absolute Gasteiger partial charge is 0.465 e. The summed E-state index contributed by atoms with van der Waals surface area (Å²) in [6, 6.07) is 0. The molecule has 0 aromatic rings. The molecule has 5 heteroatoms. The predicted octanol–water partition coefficient (Wildman–Crippen LogP) is 1.04. The SMILES string of the molecule is C=CCOC(=O)C(Br)C(=O)OCC. The molecule has 0 rings (SSSR count). The van der Waals surface area contributed by atoms with Gasteiger partial charge in [0.15, 0.2) is 0 Å². The van der Waals surface area contributed by atoms with E-state index in [0.717, 1.165) is 0 Å². The molecule has 0 fully saturated rings. The molecule has 0 heterocycles. The highest BCUT2D eigenvalue weighted by Crippen LogP contribution is 2.04. The minimum absolute atomic E-state index is 0.0837.